The Morgan fingerprint density at radius 2 is 1.72 bits per heavy atom. The third kappa shape index (κ3) is 6.65. The standard InChI is InChI=1S/C15H23BrClN/c1-2-3-4-5-6-7-8-11-18-15-10-9-13(17)12-14(15)16/h9-10,12,18H,2-8,11H2,1H3. The first-order valence-electron chi connectivity index (χ1n) is 6.93. The summed E-state index contributed by atoms with van der Waals surface area (Å²) in [5.74, 6) is 0. The first-order valence-corrected chi connectivity index (χ1v) is 8.10. The normalized spacial score (nSPS) is 10.6. The lowest BCUT2D eigenvalue weighted by Crippen LogP contribution is -2.01. The molecule has 0 fully saturated rings. The van der Waals surface area contributed by atoms with Gasteiger partial charge in [0.1, 0.15) is 0 Å². The molecule has 1 nitrogen and oxygen atoms in total. The Balaban J connectivity index is 2.07. The van der Waals surface area contributed by atoms with Crippen molar-refractivity contribution in [1.29, 1.82) is 0 Å². The van der Waals surface area contributed by atoms with Crippen molar-refractivity contribution < 1.29 is 0 Å². The summed E-state index contributed by atoms with van der Waals surface area (Å²) < 4.78 is 1.04. The van der Waals surface area contributed by atoms with Gasteiger partial charge in [0.05, 0.1) is 0 Å². The number of nitrogens with one attached hydrogen (secondary N) is 1. The quantitative estimate of drug-likeness (QED) is 0.526. The summed E-state index contributed by atoms with van der Waals surface area (Å²) >= 11 is 9.41. The van der Waals surface area contributed by atoms with Gasteiger partial charge in [-0.3, -0.25) is 0 Å². The van der Waals surface area contributed by atoms with Gasteiger partial charge in [0.2, 0.25) is 0 Å². The molecule has 1 aromatic rings. The lowest BCUT2D eigenvalue weighted by molar-refractivity contribution is 0.596. The van der Waals surface area contributed by atoms with E-state index in [1.54, 1.807) is 0 Å². The van der Waals surface area contributed by atoms with E-state index < -0.39 is 0 Å². The largest absolute Gasteiger partial charge is 0.384 e. The smallest absolute Gasteiger partial charge is 0.0485 e. The van der Waals surface area contributed by atoms with Crippen LogP contribution in [0.15, 0.2) is 22.7 Å². The van der Waals surface area contributed by atoms with Crippen molar-refractivity contribution in [3.05, 3.63) is 27.7 Å². The second-order valence-electron chi connectivity index (χ2n) is 4.67. The van der Waals surface area contributed by atoms with Gasteiger partial charge in [-0.2, -0.15) is 0 Å². The zero-order valence-corrected chi connectivity index (χ0v) is 13.5. The minimum Gasteiger partial charge on any atom is -0.384 e. The molecule has 102 valence electrons. The summed E-state index contributed by atoms with van der Waals surface area (Å²) in [5, 5.41) is 4.20. The van der Waals surface area contributed by atoms with Gasteiger partial charge in [-0.25, -0.2) is 0 Å². The van der Waals surface area contributed by atoms with Gasteiger partial charge in [0, 0.05) is 21.7 Å². The van der Waals surface area contributed by atoms with Crippen LogP contribution < -0.4 is 5.32 Å². The van der Waals surface area contributed by atoms with Crippen molar-refractivity contribution in [2.75, 3.05) is 11.9 Å². The fourth-order valence-electron chi connectivity index (χ4n) is 1.94. The molecule has 0 saturated heterocycles. The summed E-state index contributed by atoms with van der Waals surface area (Å²) in [6.45, 7) is 3.29. The van der Waals surface area contributed by atoms with Crippen LogP contribution in [0, 0.1) is 0 Å². The molecule has 0 spiro atoms. The monoisotopic (exact) mass is 331 g/mol. The molecule has 0 bridgehead atoms. The Hall–Kier alpha value is -0.210. The van der Waals surface area contributed by atoms with Crippen LogP contribution >= 0.6 is 27.5 Å². The fraction of sp³-hybridized carbons (Fsp3) is 0.600. The zero-order chi connectivity index (χ0) is 13.2. The average Bonchev–Trinajstić information content (AvgIpc) is 2.35. The van der Waals surface area contributed by atoms with Gasteiger partial charge in [-0.15, -0.1) is 0 Å². The Morgan fingerprint density at radius 3 is 2.39 bits per heavy atom. The molecule has 0 atom stereocenters. The van der Waals surface area contributed by atoms with E-state index >= 15 is 0 Å². The molecule has 0 amide bonds. The lowest BCUT2D eigenvalue weighted by Gasteiger charge is -2.08. The van der Waals surface area contributed by atoms with Crippen molar-refractivity contribution in [2.24, 2.45) is 0 Å². The van der Waals surface area contributed by atoms with Crippen molar-refractivity contribution in [3.8, 4) is 0 Å². The van der Waals surface area contributed by atoms with Crippen LogP contribution in [0.2, 0.25) is 5.02 Å². The van der Waals surface area contributed by atoms with E-state index in [0.717, 1.165) is 21.7 Å². The Kier molecular flexibility index (Phi) is 8.53. The molecule has 18 heavy (non-hydrogen) atoms. The van der Waals surface area contributed by atoms with Gasteiger partial charge >= 0.3 is 0 Å². The third-order valence-electron chi connectivity index (χ3n) is 3.03. The Labute approximate surface area is 124 Å². The second kappa shape index (κ2) is 9.69. The van der Waals surface area contributed by atoms with Crippen molar-refractivity contribution in [1.82, 2.24) is 0 Å². The van der Waals surface area contributed by atoms with Gasteiger partial charge in [-0.1, -0.05) is 57.0 Å². The highest BCUT2D eigenvalue weighted by Gasteiger charge is 1.99. The molecular weight excluding hydrogens is 310 g/mol. The number of anilines is 1. The van der Waals surface area contributed by atoms with Gasteiger partial charge in [0.15, 0.2) is 0 Å². The third-order valence-corrected chi connectivity index (χ3v) is 3.92. The number of hydrogen-bond donors (Lipinski definition) is 1. The van der Waals surface area contributed by atoms with Crippen molar-refractivity contribution in [3.63, 3.8) is 0 Å². The van der Waals surface area contributed by atoms with E-state index in [0.29, 0.717) is 0 Å². The average molecular weight is 333 g/mol. The fourth-order valence-corrected chi connectivity index (χ4v) is 2.76. The maximum atomic E-state index is 5.90. The van der Waals surface area contributed by atoms with Crippen molar-refractivity contribution in [2.45, 2.75) is 51.9 Å². The molecule has 0 saturated carbocycles. The van der Waals surface area contributed by atoms with Crippen LogP contribution in [0.25, 0.3) is 0 Å². The minimum absolute atomic E-state index is 0.767. The summed E-state index contributed by atoms with van der Waals surface area (Å²) in [4.78, 5) is 0. The van der Waals surface area contributed by atoms with Crippen LogP contribution in [0.3, 0.4) is 0 Å². The molecule has 3 heteroatoms. The molecule has 0 radical (unpaired) electrons. The van der Waals surface area contributed by atoms with Crippen LogP contribution in [0.5, 0.6) is 0 Å². The maximum Gasteiger partial charge on any atom is 0.0485 e. The van der Waals surface area contributed by atoms with Gasteiger partial charge in [-0.05, 0) is 40.5 Å². The first kappa shape index (κ1) is 15.8. The molecule has 0 unspecified atom stereocenters. The summed E-state index contributed by atoms with van der Waals surface area (Å²) in [6, 6.07) is 5.86. The summed E-state index contributed by atoms with van der Waals surface area (Å²) in [5.41, 5.74) is 1.13. The second-order valence-corrected chi connectivity index (χ2v) is 5.96. The molecule has 1 aromatic carbocycles. The molecule has 0 aliphatic heterocycles. The first-order chi connectivity index (χ1) is 8.74. The predicted molar refractivity (Wildman–Crippen MR) is 85.6 cm³/mol. The van der Waals surface area contributed by atoms with Crippen molar-refractivity contribution >= 4 is 33.2 Å². The van der Waals surface area contributed by atoms with Gasteiger partial charge in [0.25, 0.3) is 0 Å². The predicted octanol–water partition coefficient (Wildman–Crippen LogP) is 6.27. The number of unbranched alkanes of at least 4 members (excludes halogenated alkanes) is 6. The topological polar surface area (TPSA) is 12.0 Å². The van der Waals surface area contributed by atoms with Crippen LogP contribution in [0.1, 0.15) is 51.9 Å². The molecular formula is C15H23BrClN. The van der Waals surface area contributed by atoms with E-state index in [9.17, 15) is 0 Å². The highest BCUT2D eigenvalue weighted by molar-refractivity contribution is 9.10. The molecule has 0 aliphatic rings. The van der Waals surface area contributed by atoms with E-state index in [4.69, 9.17) is 11.6 Å². The molecule has 1 rings (SSSR count). The lowest BCUT2D eigenvalue weighted by atomic mass is 10.1. The molecule has 0 aliphatic carbocycles. The number of hydrogen-bond acceptors (Lipinski definition) is 1. The molecule has 1 N–H and O–H groups in total. The van der Waals surface area contributed by atoms with E-state index in [2.05, 4.69) is 28.2 Å². The number of rotatable bonds is 9. The molecule has 0 aromatic heterocycles. The highest BCUT2D eigenvalue weighted by atomic mass is 79.9. The zero-order valence-electron chi connectivity index (χ0n) is 11.1. The number of halogens is 2. The highest BCUT2D eigenvalue weighted by Crippen LogP contribution is 2.25. The van der Waals surface area contributed by atoms with Crippen LogP contribution in [0.4, 0.5) is 5.69 Å². The molecule has 0 heterocycles. The Bertz CT molecular complexity index is 341. The summed E-state index contributed by atoms with van der Waals surface area (Å²) in [7, 11) is 0. The SMILES string of the molecule is CCCCCCCCCNc1ccc(Cl)cc1Br. The van der Waals surface area contributed by atoms with Gasteiger partial charge < -0.3 is 5.32 Å². The van der Waals surface area contributed by atoms with E-state index in [1.807, 2.05) is 18.2 Å². The maximum absolute atomic E-state index is 5.90. The minimum atomic E-state index is 0.767. The summed E-state index contributed by atoms with van der Waals surface area (Å²) in [6.07, 6.45) is 9.42. The van der Waals surface area contributed by atoms with E-state index in [-0.39, 0.29) is 0 Å². The van der Waals surface area contributed by atoms with Crippen LogP contribution in [-0.2, 0) is 0 Å². The number of benzene rings is 1. The van der Waals surface area contributed by atoms with E-state index in [1.165, 1.54) is 44.9 Å². The van der Waals surface area contributed by atoms with Crippen LogP contribution in [-0.4, -0.2) is 6.54 Å². The Morgan fingerprint density at radius 1 is 1.06 bits per heavy atom.